The molecule has 2 rings (SSSR count). The van der Waals surface area contributed by atoms with Crippen molar-refractivity contribution in [3.63, 3.8) is 0 Å². The predicted octanol–water partition coefficient (Wildman–Crippen LogP) is 3.29. The molecule has 0 saturated heterocycles. The summed E-state index contributed by atoms with van der Waals surface area (Å²) in [4.78, 5) is 3.82. The van der Waals surface area contributed by atoms with Crippen LogP contribution in [0.25, 0.3) is 0 Å². The highest BCUT2D eigenvalue weighted by atomic mass is 35.5. The Kier molecular flexibility index (Phi) is 3.76. The number of rotatable bonds is 3. The van der Waals surface area contributed by atoms with Gasteiger partial charge in [0.2, 0.25) is 0 Å². The number of aromatic nitrogens is 1. The first-order valence-electron chi connectivity index (χ1n) is 4.39. The summed E-state index contributed by atoms with van der Waals surface area (Å²) in [5, 5.41) is 1.16. The van der Waals surface area contributed by atoms with Crippen molar-refractivity contribution >= 4 is 34.4 Å². The molecule has 1 unspecified atom stereocenters. The SMILES string of the molecule is [O-][S+](Cc1c(Cl)cccc1Cl)c1ncco1. The van der Waals surface area contributed by atoms with Gasteiger partial charge in [0.25, 0.3) is 0 Å². The van der Waals surface area contributed by atoms with E-state index in [0.29, 0.717) is 15.6 Å². The van der Waals surface area contributed by atoms with E-state index in [4.69, 9.17) is 27.6 Å². The molecule has 1 heterocycles. The van der Waals surface area contributed by atoms with Gasteiger partial charge in [0.05, 0.1) is 17.4 Å². The molecule has 0 aliphatic rings. The fraction of sp³-hybridized carbons (Fsp3) is 0.100. The molecule has 0 saturated carbocycles. The number of hydrogen-bond acceptors (Lipinski definition) is 3. The minimum absolute atomic E-state index is 0.177. The van der Waals surface area contributed by atoms with Crippen LogP contribution in [0.2, 0.25) is 10.0 Å². The van der Waals surface area contributed by atoms with Gasteiger partial charge in [-0.25, -0.2) is 0 Å². The lowest BCUT2D eigenvalue weighted by molar-refractivity contribution is 0.429. The molecule has 0 N–H and O–H groups in total. The van der Waals surface area contributed by atoms with Gasteiger partial charge in [-0.15, -0.1) is 0 Å². The smallest absolute Gasteiger partial charge is 0.415 e. The summed E-state index contributed by atoms with van der Waals surface area (Å²) < 4.78 is 16.8. The van der Waals surface area contributed by atoms with Crippen LogP contribution in [-0.4, -0.2) is 9.54 Å². The molecular formula is C10H7Cl2NO2S. The van der Waals surface area contributed by atoms with Crippen LogP contribution in [-0.2, 0) is 16.9 Å². The molecule has 84 valence electrons. The maximum atomic E-state index is 11.8. The summed E-state index contributed by atoms with van der Waals surface area (Å²) in [7, 11) is 0. The molecule has 0 aliphatic heterocycles. The Balaban J connectivity index is 2.21. The fourth-order valence-electron chi connectivity index (χ4n) is 1.19. The second-order valence-corrected chi connectivity index (χ2v) is 5.13. The first-order chi connectivity index (χ1) is 7.68. The molecule has 0 aliphatic carbocycles. The van der Waals surface area contributed by atoms with Crippen molar-refractivity contribution in [1.29, 1.82) is 0 Å². The molecular weight excluding hydrogens is 269 g/mol. The Morgan fingerprint density at radius 3 is 2.56 bits per heavy atom. The molecule has 0 bridgehead atoms. The zero-order chi connectivity index (χ0) is 11.5. The molecule has 1 aromatic carbocycles. The maximum Gasteiger partial charge on any atom is 0.415 e. The number of nitrogens with zero attached hydrogens (tertiary/aromatic N) is 1. The third kappa shape index (κ3) is 2.52. The number of halogens is 2. The molecule has 0 fully saturated rings. The quantitative estimate of drug-likeness (QED) is 0.808. The van der Waals surface area contributed by atoms with E-state index in [2.05, 4.69) is 4.98 Å². The van der Waals surface area contributed by atoms with Crippen LogP contribution in [0.4, 0.5) is 0 Å². The summed E-state index contributed by atoms with van der Waals surface area (Å²) >= 11 is 10.6. The number of oxazole rings is 1. The number of benzene rings is 1. The van der Waals surface area contributed by atoms with E-state index in [0.717, 1.165) is 0 Å². The lowest BCUT2D eigenvalue weighted by Gasteiger charge is -2.08. The Labute approximate surface area is 106 Å². The van der Waals surface area contributed by atoms with Crippen LogP contribution >= 0.6 is 23.2 Å². The first kappa shape index (κ1) is 11.8. The summed E-state index contributed by atoms with van der Waals surface area (Å²) in [6.07, 6.45) is 2.82. The zero-order valence-electron chi connectivity index (χ0n) is 8.02. The molecule has 3 nitrogen and oxygen atoms in total. The van der Waals surface area contributed by atoms with Crippen LogP contribution in [0.5, 0.6) is 0 Å². The highest BCUT2D eigenvalue weighted by Crippen LogP contribution is 2.27. The number of hydrogen-bond donors (Lipinski definition) is 0. The summed E-state index contributed by atoms with van der Waals surface area (Å²) in [5.74, 6) is 0.193. The van der Waals surface area contributed by atoms with Gasteiger partial charge in [-0.3, -0.25) is 0 Å². The third-order valence-corrected chi connectivity index (χ3v) is 3.79. The molecule has 2 aromatic rings. The second kappa shape index (κ2) is 5.10. The highest BCUT2D eigenvalue weighted by Gasteiger charge is 2.20. The van der Waals surface area contributed by atoms with Crippen molar-refractivity contribution in [2.75, 3.05) is 0 Å². The van der Waals surface area contributed by atoms with Gasteiger partial charge in [-0.05, 0) is 12.1 Å². The normalized spacial score (nSPS) is 12.7. The van der Waals surface area contributed by atoms with Crippen LogP contribution in [0.3, 0.4) is 0 Å². The van der Waals surface area contributed by atoms with Gasteiger partial charge >= 0.3 is 5.22 Å². The fourth-order valence-corrected chi connectivity index (χ4v) is 2.91. The van der Waals surface area contributed by atoms with Crippen LogP contribution < -0.4 is 0 Å². The molecule has 0 amide bonds. The Bertz CT molecular complexity index is 455. The van der Waals surface area contributed by atoms with E-state index < -0.39 is 11.2 Å². The molecule has 0 spiro atoms. The van der Waals surface area contributed by atoms with Crippen LogP contribution in [0.1, 0.15) is 5.56 Å². The summed E-state index contributed by atoms with van der Waals surface area (Å²) in [6.45, 7) is 0. The first-order valence-corrected chi connectivity index (χ1v) is 6.46. The predicted molar refractivity (Wildman–Crippen MR) is 63.1 cm³/mol. The van der Waals surface area contributed by atoms with Crippen molar-refractivity contribution < 1.29 is 8.97 Å². The lowest BCUT2D eigenvalue weighted by atomic mass is 10.2. The lowest BCUT2D eigenvalue weighted by Crippen LogP contribution is -2.06. The minimum Gasteiger partial charge on any atom is -0.607 e. The molecule has 16 heavy (non-hydrogen) atoms. The maximum absolute atomic E-state index is 11.8. The van der Waals surface area contributed by atoms with Crippen molar-refractivity contribution in [1.82, 2.24) is 4.98 Å². The third-order valence-electron chi connectivity index (χ3n) is 1.94. The molecule has 1 aromatic heterocycles. The van der Waals surface area contributed by atoms with E-state index in [-0.39, 0.29) is 11.0 Å². The Morgan fingerprint density at radius 1 is 1.31 bits per heavy atom. The van der Waals surface area contributed by atoms with E-state index >= 15 is 0 Å². The largest absolute Gasteiger partial charge is 0.607 e. The average Bonchev–Trinajstić information content (AvgIpc) is 2.76. The highest BCUT2D eigenvalue weighted by molar-refractivity contribution is 7.90. The van der Waals surface area contributed by atoms with Crippen LogP contribution in [0.15, 0.2) is 40.3 Å². The van der Waals surface area contributed by atoms with E-state index in [1.54, 1.807) is 18.2 Å². The Hall–Kier alpha value is -0.680. The van der Waals surface area contributed by atoms with Gasteiger partial charge in [-0.2, -0.15) is 4.98 Å². The summed E-state index contributed by atoms with van der Waals surface area (Å²) in [6, 6.07) is 5.15. The van der Waals surface area contributed by atoms with Crippen LogP contribution in [0, 0.1) is 0 Å². The monoisotopic (exact) mass is 275 g/mol. The molecule has 1 atom stereocenters. The van der Waals surface area contributed by atoms with Gasteiger partial charge in [0.15, 0.2) is 0 Å². The minimum atomic E-state index is -1.37. The van der Waals surface area contributed by atoms with Crippen molar-refractivity contribution in [2.24, 2.45) is 0 Å². The van der Waals surface area contributed by atoms with Gasteiger partial charge < -0.3 is 8.97 Å². The van der Waals surface area contributed by atoms with Gasteiger partial charge in [-0.1, -0.05) is 29.3 Å². The van der Waals surface area contributed by atoms with E-state index in [1.165, 1.54) is 12.5 Å². The van der Waals surface area contributed by atoms with Crippen molar-refractivity contribution in [3.8, 4) is 0 Å². The molecule has 6 heteroatoms. The standard InChI is InChI=1S/C10H7Cl2NO2S/c11-8-2-1-3-9(12)7(8)6-16(14)10-13-4-5-15-10/h1-5H,6H2. The topological polar surface area (TPSA) is 49.1 Å². The van der Waals surface area contributed by atoms with Gasteiger partial charge in [0, 0.05) is 15.6 Å². The van der Waals surface area contributed by atoms with E-state index in [9.17, 15) is 4.55 Å². The molecule has 0 radical (unpaired) electrons. The average molecular weight is 276 g/mol. The van der Waals surface area contributed by atoms with E-state index in [1.807, 2.05) is 0 Å². The van der Waals surface area contributed by atoms with Gasteiger partial charge in [0.1, 0.15) is 12.0 Å². The second-order valence-electron chi connectivity index (χ2n) is 2.99. The summed E-state index contributed by atoms with van der Waals surface area (Å²) in [5.41, 5.74) is 0.641. The Morgan fingerprint density at radius 2 is 2.00 bits per heavy atom. The van der Waals surface area contributed by atoms with Crippen molar-refractivity contribution in [3.05, 3.63) is 46.3 Å². The van der Waals surface area contributed by atoms with Crippen molar-refractivity contribution in [2.45, 2.75) is 11.0 Å². The zero-order valence-corrected chi connectivity index (χ0v) is 10.4.